The second kappa shape index (κ2) is 9.02. The van der Waals surface area contributed by atoms with E-state index in [1.165, 1.54) is 4.80 Å². The molecule has 0 aliphatic heterocycles. The van der Waals surface area contributed by atoms with Gasteiger partial charge in [0.05, 0.1) is 0 Å². The molecule has 7 nitrogen and oxygen atoms in total. The Bertz CT molecular complexity index is 1050. The summed E-state index contributed by atoms with van der Waals surface area (Å²) in [6, 6.07) is 8.52. The average molecular weight is 433 g/mol. The molecule has 0 fully saturated rings. The molecule has 1 heterocycles. The highest BCUT2D eigenvalue weighted by atomic mass is 35.5. The van der Waals surface area contributed by atoms with Crippen molar-refractivity contribution in [2.45, 2.75) is 53.0 Å². The summed E-state index contributed by atoms with van der Waals surface area (Å²) in [5, 5.41) is 28.4. The third-order valence-electron chi connectivity index (χ3n) is 4.60. The van der Waals surface area contributed by atoms with Crippen LogP contribution >= 0.6 is 11.6 Å². The molecule has 0 radical (unpaired) electrons. The molecule has 1 atom stereocenters. The molecule has 1 aromatic heterocycles. The van der Waals surface area contributed by atoms with E-state index >= 15 is 0 Å². The Labute approximate surface area is 181 Å². The van der Waals surface area contributed by atoms with Crippen molar-refractivity contribution in [1.82, 2.24) is 15.0 Å². The lowest BCUT2D eigenvalue weighted by Gasteiger charge is -2.22. The Balaban J connectivity index is 0.000000343. The van der Waals surface area contributed by atoms with Crippen molar-refractivity contribution >= 4 is 28.6 Å². The predicted molar refractivity (Wildman–Crippen MR) is 119 cm³/mol. The van der Waals surface area contributed by atoms with Crippen LogP contribution in [0.25, 0.3) is 16.7 Å². The van der Waals surface area contributed by atoms with Crippen LogP contribution in [-0.2, 0) is 10.2 Å². The molecule has 0 spiro atoms. The van der Waals surface area contributed by atoms with Gasteiger partial charge in [0.1, 0.15) is 28.5 Å². The maximum absolute atomic E-state index is 10.7. The highest BCUT2D eigenvalue weighted by Crippen LogP contribution is 2.36. The summed E-state index contributed by atoms with van der Waals surface area (Å²) in [5.74, 6) is -0.697. The first-order valence-electron chi connectivity index (χ1n) is 9.66. The van der Waals surface area contributed by atoms with Crippen LogP contribution in [0.4, 0.5) is 0 Å². The standard InChI is InChI=1S/C17H18ClN3O.C5H11NO2/c1-10-7-12(17(2,3)4)16(22)15(8-10)21-19-13-6-5-11(18)9-14(13)20-21;1-3(2)4(6)5(7)8/h5-9,22H,1-4H3;3-4H,6H2,1-2H3,(H,7,8)/t;4-/m.0/s1. The fourth-order valence-electron chi connectivity index (χ4n) is 2.76. The van der Waals surface area contributed by atoms with E-state index in [1.807, 2.05) is 25.1 Å². The van der Waals surface area contributed by atoms with E-state index in [2.05, 4.69) is 31.0 Å². The molecule has 0 amide bonds. The molecular formula is C22H29ClN4O3. The number of aromatic hydroxyl groups is 1. The first-order valence-corrected chi connectivity index (χ1v) is 10.0. The number of halogens is 1. The van der Waals surface area contributed by atoms with E-state index in [0.29, 0.717) is 16.2 Å². The third-order valence-corrected chi connectivity index (χ3v) is 4.84. The number of nitrogens with zero attached hydrogens (tertiary/aromatic N) is 3. The molecule has 0 unspecified atom stereocenters. The van der Waals surface area contributed by atoms with Gasteiger partial charge in [-0.1, -0.05) is 52.3 Å². The van der Waals surface area contributed by atoms with Crippen LogP contribution in [-0.4, -0.2) is 37.2 Å². The largest absolute Gasteiger partial charge is 0.505 e. The Morgan fingerprint density at radius 1 is 1.13 bits per heavy atom. The van der Waals surface area contributed by atoms with Crippen molar-refractivity contribution in [2.24, 2.45) is 11.7 Å². The number of carboxylic acid groups (broad SMARTS) is 1. The fourth-order valence-corrected chi connectivity index (χ4v) is 2.93. The first kappa shape index (κ1) is 23.6. The van der Waals surface area contributed by atoms with Crippen LogP contribution in [0, 0.1) is 12.8 Å². The van der Waals surface area contributed by atoms with Crippen molar-refractivity contribution < 1.29 is 15.0 Å². The van der Waals surface area contributed by atoms with Gasteiger partial charge in [0.2, 0.25) is 0 Å². The smallest absolute Gasteiger partial charge is 0.320 e. The zero-order valence-corrected chi connectivity index (χ0v) is 18.9. The number of benzene rings is 2. The van der Waals surface area contributed by atoms with Crippen molar-refractivity contribution in [3.63, 3.8) is 0 Å². The van der Waals surface area contributed by atoms with Gasteiger partial charge in [-0.2, -0.15) is 0 Å². The normalized spacial score (nSPS) is 12.6. The van der Waals surface area contributed by atoms with E-state index in [-0.39, 0.29) is 17.1 Å². The molecule has 0 aliphatic rings. The highest BCUT2D eigenvalue weighted by molar-refractivity contribution is 6.31. The second-order valence-corrected chi connectivity index (χ2v) is 9.10. The summed E-state index contributed by atoms with van der Waals surface area (Å²) in [4.78, 5) is 11.5. The number of nitrogens with two attached hydrogens (primary N) is 1. The number of hydrogen-bond donors (Lipinski definition) is 3. The maximum Gasteiger partial charge on any atom is 0.320 e. The molecule has 4 N–H and O–H groups in total. The molecule has 0 bridgehead atoms. The lowest BCUT2D eigenvalue weighted by molar-refractivity contribution is -0.139. The van der Waals surface area contributed by atoms with E-state index in [1.54, 1.807) is 26.0 Å². The van der Waals surface area contributed by atoms with Crippen LogP contribution < -0.4 is 5.73 Å². The minimum atomic E-state index is -0.931. The molecular weight excluding hydrogens is 404 g/mol. The minimum absolute atomic E-state index is 0.0208. The summed E-state index contributed by atoms with van der Waals surface area (Å²) in [7, 11) is 0. The molecule has 2 aromatic carbocycles. The number of rotatable bonds is 3. The van der Waals surface area contributed by atoms with Gasteiger partial charge in [0.25, 0.3) is 0 Å². The van der Waals surface area contributed by atoms with E-state index in [0.717, 1.165) is 16.6 Å². The topological polar surface area (TPSA) is 114 Å². The minimum Gasteiger partial charge on any atom is -0.505 e. The molecule has 8 heteroatoms. The van der Waals surface area contributed by atoms with Gasteiger partial charge in [-0.05, 0) is 48.1 Å². The number of aryl methyl sites for hydroxylation is 1. The molecule has 0 saturated heterocycles. The Kier molecular flexibility index (Phi) is 7.10. The van der Waals surface area contributed by atoms with Gasteiger partial charge in [-0.15, -0.1) is 15.0 Å². The predicted octanol–water partition coefficient (Wildman–Crippen LogP) is 4.44. The van der Waals surface area contributed by atoms with Crippen molar-refractivity contribution in [3.8, 4) is 11.4 Å². The Morgan fingerprint density at radius 2 is 1.73 bits per heavy atom. The molecule has 0 saturated carbocycles. The van der Waals surface area contributed by atoms with Crippen LogP contribution in [0.15, 0.2) is 30.3 Å². The quantitative estimate of drug-likeness (QED) is 0.563. The number of aromatic nitrogens is 3. The summed E-state index contributed by atoms with van der Waals surface area (Å²) in [5.41, 5.74) is 8.94. The van der Waals surface area contributed by atoms with Crippen molar-refractivity contribution in [3.05, 3.63) is 46.5 Å². The van der Waals surface area contributed by atoms with Gasteiger partial charge in [-0.25, -0.2) is 0 Å². The number of phenols is 1. The number of carbonyl (C=O) groups is 1. The van der Waals surface area contributed by atoms with Crippen LogP contribution in [0.2, 0.25) is 5.02 Å². The van der Waals surface area contributed by atoms with E-state index in [9.17, 15) is 9.90 Å². The molecule has 3 rings (SSSR count). The lowest BCUT2D eigenvalue weighted by Crippen LogP contribution is -2.34. The third kappa shape index (κ3) is 5.49. The number of aliphatic carboxylic acids is 1. The van der Waals surface area contributed by atoms with Gasteiger partial charge in [-0.3, -0.25) is 4.79 Å². The Hall–Kier alpha value is -2.64. The molecule has 3 aromatic rings. The summed E-state index contributed by atoms with van der Waals surface area (Å²) < 4.78 is 0. The van der Waals surface area contributed by atoms with Crippen molar-refractivity contribution in [2.75, 3.05) is 0 Å². The molecule has 0 aliphatic carbocycles. The fraction of sp³-hybridized carbons (Fsp3) is 0.409. The van der Waals surface area contributed by atoms with E-state index < -0.39 is 12.0 Å². The monoisotopic (exact) mass is 432 g/mol. The van der Waals surface area contributed by atoms with Gasteiger partial charge in [0, 0.05) is 10.6 Å². The first-order chi connectivity index (χ1) is 13.8. The number of carboxylic acids is 1. The van der Waals surface area contributed by atoms with Crippen LogP contribution in [0.3, 0.4) is 0 Å². The van der Waals surface area contributed by atoms with Gasteiger partial charge >= 0.3 is 5.97 Å². The Morgan fingerprint density at radius 3 is 2.23 bits per heavy atom. The lowest BCUT2D eigenvalue weighted by atomic mass is 9.85. The number of hydrogen-bond acceptors (Lipinski definition) is 5. The zero-order chi connectivity index (χ0) is 22.8. The average Bonchev–Trinajstić information content (AvgIpc) is 3.04. The maximum atomic E-state index is 10.7. The van der Waals surface area contributed by atoms with Crippen LogP contribution in [0.5, 0.6) is 5.75 Å². The highest BCUT2D eigenvalue weighted by Gasteiger charge is 2.22. The second-order valence-electron chi connectivity index (χ2n) is 8.66. The summed E-state index contributed by atoms with van der Waals surface area (Å²) in [6.07, 6.45) is 0. The molecule has 162 valence electrons. The molecule has 30 heavy (non-hydrogen) atoms. The van der Waals surface area contributed by atoms with Gasteiger partial charge in [0.15, 0.2) is 0 Å². The van der Waals surface area contributed by atoms with Gasteiger partial charge < -0.3 is 15.9 Å². The number of fused-ring (bicyclic) bond motifs is 1. The number of phenolic OH excluding ortho intramolecular Hbond substituents is 1. The summed E-state index contributed by atoms with van der Waals surface area (Å²) in [6.45, 7) is 11.8. The van der Waals surface area contributed by atoms with Crippen LogP contribution in [0.1, 0.15) is 45.7 Å². The van der Waals surface area contributed by atoms with E-state index in [4.69, 9.17) is 22.4 Å². The SMILES string of the molecule is CC(C)[C@H](N)C(=O)O.Cc1cc(-n2nc3ccc(Cl)cc3n2)c(O)c(C(C)(C)C)c1. The summed E-state index contributed by atoms with van der Waals surface area (Å²) >= 11 is 5.99. The zero-order valence-electron chi connectivity index (χ0n) is 18.1. The van der Waals surface area contributed by atoms with Crippen molar-refractivity contribution in [1.29, 1.82) is 0 Å².